The number of amides is 1. The Balaban J connectivity index is 2.26. The SMILES string of the molecule is COCCN(CCN)C(=O)CC1CC1. The number of nitrogens with two attached hydrogens (primary N) is 1. The maximum atomic E-state index is 11.7. The van der Waals surface area contributed by atoms with Gasteiger partial charge in [0.2, 0.25) is 5.91 Å². The van der Waals surface area contributed by atoms with Gasteiger partial charge in [-0.15, -0.1) is 0 Å². The summed E-state index contributed by atoms with van der Waals surface area (Å²) in [6.07, 6.45) is 3.13. The van der Waals surface area contributed by atoms with Crippen LogP contribution in [0.1, 0.15) is 19.3 Å². The molecule has 0 radical (unpaired) electrons. The van der Waals surface area contributed by atoms with Crippen LogP contribution in [0.5, 0.6) is 0 Å². The molecule has 1 rings (SSSR count). The van der Waals surface area contributed by atoms with Crippen LogP contribution >= 0.6 is 0 Å². The van der Waals surface area contributed by atoms with Crippen molar-refractivity contribution in [3.05, 3.63) is 0 Å². The number of hydrogen-bond donors (Lipinski definition) is 1. The number of rotatable bonds is 7. The van der Waals surface area contributed by atoms with Gasteiger partial charge in [-0.25, -0.2) is 0 Å². The third-order valence-electron chi connectivity index (χ3n) is 2.48. The first-order valence-electron chi connectivity index (χ1n) is 5.24. The van der Waals surface area contributed by atoms with Crippen LogP contribution in [0.25, 0.3) is 0 Å². The van der Waals surface area contributed by atoms with E-state index >= 15 is 0 Å². The zero-order valence-corrected chi connectivity index (χ0v) is 8.87. The van der Waals surface area contributed by atoms with E-state index in [0.717, 1.165) is 0 Å². The number of carbonyl (C=O) groups is 1. The number of methoxy groups -OCH3 is 1. The minimum Gasteiger partial charge on any atom is -0.383 e. The third kappa shape index (κ3) is 4.07. The molecule has 2 N–H and O–H groups in total. The van der Waals surface area contributed by atoms with E-state index in [1.165, 1.54) is 12.8 Å². The van der Waals surface area contributed by atoms with Crippen molar-refractivity contribution in [1.82, 2.24) is 4.90 Å². The fourth-order valence-electron chi connectivity index (χ4n) is 1.42. The van der Waals surface area contributed by atoms with Gasteiger partial charge in [-0.1, -0.05) is 0 Å². The second-order valence-corrected chi connectivity index (χ2v) is 3.81. The molecule has 0 heterocycles. The smallest absolute Gasteiger partial charge is 0.222 e. The van der Waals surface area contributed by atoms with E-state index in [-0.39, 0.29) is 5.91 Å². The van der Waals surface area contributed by atoms with Crippen molar-refractivity contribution in [2.24, 2.45) is 11.7 Å². The predicted molar refractivity (Wildman–Crippen MR) is 54.9 cm³/mol. The van der Waals surface area contributed by atoms with Gasteiger partial charge in [-0.2, -0.15) is 0 Å². The summed E-state index contributed by atoms with van der Waals surface area (Å²) in [5.74, 6) is 0.875. The van der Waals surface area contributed by atoms with E-state index in [2.05, 4.69) is 0 Å². The van der Waals surface area contributed by atoms with Crippen LogP contribution in [0.15, 0.2) is 0 Å². The Morgan fingerprint density at radius 1 is 1.50 bits per heavy atom. The van der Waals surface area contributed by atoms with Crippen LogP contribution < -0.4 is 5.73 Å². The summed E-state index contributed by atoms with van der Waals surface area (Å²) in [6.45, 7) is 2.44. The first-order chi connectivity index (χ1) is 6.77. The van der Waals surface area contributed by atoms with Crippen LogP contribution in [0.3, 0.4) is 0 Å². The Kier molecular flexibility index (Phi) is 4.90. The summed E-state index contributed by atoms with van der Waals surface area (Å²) in [5, 5.41) is 0. The molecule has 0 aliphatic heterocycles. The summed E-state index contributed by atoms with van der Waals surface area (Å²) < 4.78 is 4.95. The maximum Gasteiger partial charge on any atom is 0.222 e. The van der Waals surface area contributed by atoms with Crippen molar-refractivity contribution >= 4 is 5.91 Å². The van der Waals surface area contributed by atoms with Crippen LogP contribution in [0.2, 0.25) is 0 Å². The van der Waals surface area contributed by atoms with Crippen LogP contribution in [0, 0.1) is 5.92 Å². The highest BCUT2D eigenvalue weighted by atomic mass is 16.5. The quantitative estimate of drug-likeness (QED) is 0.639. The average Bonchev–Trinajstić information content (AvgIpc) is 2.95. The van der Waals surface area contributed by atoms with Gasteiger partial charge in [0.15, 0.2) is 0 Å². The van der Waals surface area contributed by atoms with E-state index in [9.17, 15) is 4.79 Å². The zero-order chi connectivity index (χ0) is 10.4. The topological polar surface area (TPSA) is 55.6 Å². The van der Waals surface area contributed by atoms with Crippen LogP contribution in [0.4, 0.5) is 0 Å². The van der Waals surface area contributed by atoms with Gasteiger partial charge in [0.05, 0.1) is 6.61 Å². The van der Waals surface area contributed by atoms with Gasteiger partial charge in [-0.05, 0) is 18.8 Å². The highest BCUT2D eigenvalue weighted by Gasteiger charge is 2.26. The molecule has 1 aliphatic rings. The third-order valence-corrected chi connectivity index (χ3v) is 2.48. The molecule has 1 amide bonds. The Morgan fingerprint density at radius 3 is 2.71 bits per heavy atom. The van der Waals surface area contributed by atoms with Gasteiger partial charge in [0.1, 0.15) is 0 Å². The summed E-state index contributed by atoms with van der Waals surface area (Å²) in [5.41, 5.74) is 5.45. The molecule has 1 saturated carbocycles. The second kappa shape index (κ2) is 5.98. The molecule has 0 saturated heterocycles. The molecule has 0 atom stereocenters. The molecule has 82 valence electrons. The lowest BCUT2D eigenvalue weighted by atomic mass is 10.2. The van der Waals surface area contributed by atoms with Crippen LogP contribution in [-0.2, 0) is 9.53 Å². The van der Waals surface area contributed by atoms with Gasteiger partial charge < -0.3 is 15.4 Å². The molecule has 1 fully saturated rings. The van der Waals surface area contributed by atoms with E-state index in [1.54, 1.807) is 7.11 Å². The molecule has 4 nitrogen and oxygen atoms in total. The summed E-state index contributed by atoms with van der Waals surface area (Å²) >= 11 is 0. The average molecular weight is 200 g/mol. The fraction of sp³-hybridized carbons (Fsp3) is 0.900. The highest BCUT2D eigenvalue weighted by molar-refractivity contribution is 5.76. The molecule has 0 bridgehead atoms. The van der Waals surface area contributed by atoms with Crippen molar-refractivity contribution in [3.63, 3.8) is 0 Å². The fourth-order valence-corrected chi connectivity index (χ4v) is 1.42. The van der Waals surface area contributed by atoms with E-state index in [1.807, 2.05) is 4.90 Å². The van der Waals surface area contributed by atoms with Gasteiger partial charge in [-0.3, -0.25) is 4.79 Å². The van der Waals surface area contributed by atoms with Gasteiger partial charge >= 0.3 is 0 Å². The first-order valence-corrected chi connectivity index (χ1v) is 5.24. The number of ether oxygens (including phenoxy) is 1. The maximum absolute atomic E-state index is 11.7. The Bertz CT molecular complexity index is 181. The molecule has 0 aromatic heterocycles. The predicted octanol–water partition coefficient (Wildman–Crippen LogP) is 0.220. The molecule has 0 aromatic rings. The van der Waals surface area contributed by atoms with Crippen molar-refractivity contribution in [2.45, 2.75) is 19.3 Å². The van der Waals surface area contributed by atoms with Gasteiger partial charge in [0, 0.05) is 33.2 Å². The molecule has 0 unspecified atom stereocenters. The standard InChI is InChI=1S/C10H20N2O2/c1-14-7-6-12(5-4-11)10(13)8-9-2-3-9/h9H,2-8,11H2,1H3. The Labute approximate surface area is 85.4 Å². The minimum absolute atomic E-state index is 0.231. The minimum atomic E-state index is 0.231. The van der Waals surface area contributed by atoms with Crippen LogP contribution in [-0.4, -0.2) is 44.2 Å². The first kappa shape index (κ1) is 11.5. The normalized spacial score (nSPS) is 15.6. The number of nitrogens with zero attached hydrogens (tertiary/aromatic N) is 1. The molecule has 0 spiro atoms. The van der Waals surface area contributed by atoms with Gasteiger partial charge in [0.25, 0.3) is 0 Å². The summed E-state index contributed by atoms with van der Waals surface area (Å²) in [4.78, 5) is 13.5. The number of hydrogen-bond acceptors (Lipinski definition) is 3. The lowest BCUT2D eigenvalue weighted by molar-refractivity contribution is -0.132. The van der Waals surface area contributed by atoms with Crippen molar-refractivity contribution in [2.75, 3.05) is 33.4 Å². The second-order valence-electron chi connectivity index (χ2n) is 3.81. The van der Waals surface area contributed by atoms with E-state index in [4.69, 9.17) is 10.5 Å². The molecular formula is C10H20N2O2. The lowest BCUT2D eigenvalue weighted by Crippen LogP contribution is -2.37. The zero-order valence-electron chi connectivity index (χ0n) is 8.87. The lowest BCUT2D eigenvalue weighted by Gasteiger charge is -2.21. The van der Waals surface area contributed by atoms with E-state index in [0.29, 0.717) is 38.6 Å². The van der Waals surface area contributed by atoms with E-state index < -0.39 is 0 Å². The van der Waals surface area contributed by atoms with Crippen molar-refractivity contribution in [3.8, 4) is 0 Å². The molecule has 4 heteroatoms. The molecule has 14 heavy (non-hydrogen) atoms. The largest absolute Gasteiger partial charge is 0.383 e. The molecule has 1 aliphatic carbocycles. The van der Waals surface area contributed by atoms with Crippen molar-refractivity contribution in [1.29, 1.82) is 0 Å². The Morgan fingerprint density at radius 2 is 2.21 bits per heavy atom. The molecule has 0 aromatic carbocycles. The number of carbonyl (C=O) groups excluding carboxylic acids is 1. The summed E-state index contributed by atoms with van der Waals surface area (Å²) in [7, 11) is 1.64. The van der Waals surface area contributed by atoms with Crippen molar-refractivity contribution < 1.29 is 9.53 Å². The monoisotopic (exact) mass is 200 g/mol. The molecular weight excluding hydrogens is 180 g/mol. The summed E-state index contributed by atoms with van der Waals surface area (Å²) in [6, 6.07) is 0. The Hall–Kier alpha value is -0.610. The highest BCUT2D eigenvalue weighted by Crippen LogP contribution is 2.32.